The van der Waals surface area contributed by atoms with Crippen molar-refractivity contribution < 1.29 is 4.74 Å². The lowest BCUT2D eigenvalue weighted by Gasteiger charge is -2.18. The van der Waals surface area contributed by atoms with Crippen LogP contribution in [-0.4, -0.2) is 51.9 Å². The predicted molar refractivity (Wildman–Crippen MR) is 110 cm³/mol. The third-order valence-corrected chi connectivity index (χ3v) is 4.82. The van der Waals surface area contributed by atoms with Gasteiger partial charge < -0.3 is 20.3 Å². The Morgan fingerprint density at radius 3 is 2.80 bits per heavy atom. The van der Waals surface area contributed by atoms with Crippen LogP contribution in [0.1, 0.15) is 26.7 Å². The second-order valence-corrected chi connectivity index (χ2v) is 7.19. The minimum atomic E-state index is 0.613. The van der Waals surface area contributed by atoms with Gasteiger partial charge in [0.15, 0.2) is 5.96 Å². The summed E-state index contributed by atoms with van der Waals surface area (Å²) in [6.45, 7) is 10.5. The number of hydrogen-bond donors (Lipinski definition) is 2. The van der Waals surface area contributed by atoms with Gasteiger partial charge in [-0.25, -0.2) is 0 Å². The van der Waals surface area contributed by atoms with Crippen LogP contribution in [-0.2, 0) is 4.74 Å². The molecular weight excluding hydrogens is 380 g/mol. The molecule has 0 aromatic heterocycles. The number of guanidine groups is 1. The molecule has 0 saturated carbocycles. The summed E-state index contributed by atoms with van der Waals surface area (Å²) in [6, 6.07) is 8.58. The monoisotopic (exact) mass is 410 g/mol. The van der Waals surface area contributed by atoms with Crippen LogP contribution >= 0.6 is 15.9 Å². The van der Waals surface area contributed by atoms with Crippen LogP contribution in [0, 0.1) is 5.92 Å². The summed E-state index contributed by atoms with van der Waals surface area (Å²) in [5.74, 6) is 1.53. The number of nitrogens with one attached hydrogen (secondary N) is 2. The fourth-order valence-corrected chi connectivity index (χ4v) is 3.22. The Labute approximate surface area is 160 Å². The van der Waals surface area contributed by atoms with Gasteiger partial charge >= 0.3 is 0 Å². The molecule has 0 bridgehead atoms. The molecule has 0 amide bonds. The van der Waals surface area contributed by atoms with Gasteiger partial charge in [0, 0.05) is 56.1 Å². The normalized spacial score (nSPS) is 17.8. The van der Waals surface area contributed by atoms with Crippen molar-refractivity contribution in [3.05, 3.63) is 28.7 Å². The van der Waals surface area contributed by atoms with Gasteiger partial charge in [0.2, 0.25) is 0 Å². The lowest BCUT2D eigenvalue weighted by molar-refractivity contribution is 0.145. The largest absolute Gasteiger partial charge is 0.382 e. The minimum Gasteiger partial charge on any atom is -0.382 e. The lowest BCUT2D eigenvalue weighted by atomic mass is 10.1. The van der Waals surface area contributed by atoms with E-state index in [1.807, 2.05) is 6.92 Å². The molecule has 1 atom stereocenters. The molecule has 1 aromatic rings. The highest BCUT2D eigenvalue weighted by Crippen LogP contribution is 2.25. The van der Waals surface area contributed by atoms with Crippen LogP contribution in [0.2, 0.25) is 0 Å². The van der Waals surface area contributed by atoms with Gasteiger partial charge in [0.05, 0.1) is 0 Å². The molecule has 2 rings (SSSR count). The van der Waals surface area contributed by atoms with Crippen molar-refractivity contribution in [2.24, 2.45) is 10.9 Å². The van der Waals surface area contributed by atoms with E-state index in [-0.39, 0.29) is 0 Å². The van der Waals surface area contributed by atoms with Crippen molar-refractivity contribution in [3.63, 3.8) is 0 Å². The predicted octanol–water partition coefficient (Wildman–Crippen LogP) is 3.26. The Hall–Kier alpha value is -1.27. The van der Waals surface area contributed by atoms with E-state index >= 15 is 0 Å². The maximum Gasteiger partial charge on any atom is 0.191 e. The summed E-state index contributed by atoms with van der Waals surface area (Å²) in [5, 5.41) is 6.72. The molecule has 5 nitrogen and oxygen atoms in total. The first kappa shape index (κ1) is 20.0. The van der Waals surface area contributed by atoms with E-state index in [1.165, 1.54) is 12.1 Å². The van der Waals surface area contributed by atoms with Gasteiger partial charge in [0.25, 0.3) is 0 Å². The lowest BCUT2D eigenvalue weighted by Crippen LogP contribution is -2.38. The molecule has 0 aliphatic carbocycles. The first-order valence-electron chi connectivity index (χ1n) is 9.33. The highest BCUT2D eigenvalue weighted by Gasteiger charge is 2.22. The third kappa shape index (κ3) is 7.24. The van der Waals surface area contributed by atoms with Crippen LogP contribution in [0.15, 0.2) is 33.7 Å². The van der Waals surface area contributed by atoms with Crippen LogP contribution in [0.25, 0.3) is 0 Å². The van der Waals surface area contributed by atoms with Crippen molar-refractivity contribution in [2.45, 2.75) is 26.7 Å². The van der Waals surface area contributed by atoms with Crippen molar-refractivity contribution in [2.75, 3.05) is 50.8 Å². The van der Waals surface area contributed by atoms with Crippen LogP contribution in [0.3, 0.4) is 0 Å². The Balaban J connectivity index is 1.77. The fraction of sp³-hybridized carbons (Fsp3) is 0.632. The SMILES string of the molecule is CCNC(=NCC1CCN(c2ccc(Br)cc2)C1)NCCCOCC. The third-order valence-electron chi connectivity index (χ3n) is 4.29. The number of halogens is 1. The van der Waals surface area contributed by atoms with E-state index < -0.39 is 0 Å². The molecule has 0 spiro atoms. The minimum absolute atomic E-state index is 0.613. The molecule has 140 valence electrons. The van der Waals surface area contributed by atoms with E-state index in [1.54, 1.807) is 0 Å². The molecule has 1 aliphatic rings. The van der Waals surface area contributed by atoms with Crippen LogP contribution in [0.5, 0.6) is 0 Å². The molecule has 1 aliphatic heterocycles. The van der Waals surface area contributed by atoms with Gasteiger partial charge in [-0.2, -0.15) is 0 Å². The first-order valence-corrected chi connectivity index (χ1v) is 10.1. The van der Waals surface area contributed by atoms with Crippen molar-refractivity contribution in [1.29, 1.82) is 0 Å². The van der Waals surface area contributed by atoms with Crippen LogP contribution < -0.4 is 15.5 Å². The molecule has 2 N–H and O–H groups in total. The number of nitrogens with zero attached hydrogens (tertiary/aromatic N) is 2. The zero-order chi connectivity index (χ0) is 17.9. The maximum absolute atomic E-state index is 5.37. The molecule has 1 heterocycles. The number of aliphatic imine (C=N–C) groups is 1. The summed E-state index contributed by atoms with van der Waals surface area (Å²) in [4.78, 5) is 7.23. The molecule has 1 saturated heterocycles. The zero-order valence-electron chi connectivity index (χ0n) is 15.4. The summed E-state index contributed by atoms with van der Waals surface area (Å²) in [6.07, 6.45) is 2.20. The van der Waals surface area contributed by atoms with Gasteiger partial charge in [-0.15, -0.1) is 0 Å². The number of benzene rings is 1. The summed E-state index contributed by atoms with van der Waals surface area (Å²) < 4.78 is 6.50. The molecule has 6 heteroatoms. The average molecular weight is 411 g/mol. The van der Waals surface area contributed by atoms with Crippen molar-refractivity contribution in [3.8, 4) is 0 Å². The fourth-order valence-electron chi connectivity index (χ4n) is 2.96. The second-order valence-electron chi connectivity index (χ2n) is 6.27. The molecular formula is C19H31BrN4O. The Morgan fingerprint density at radius 2 is 2.08 bits per heavy atom. The number of ether oxygens (including phenoxy) is 1. The number of rotatable bonds is 9. The number of hydrogen-bond acceptors (Lipinski definition) is 3. The quantitative estimate of drug-likeness (QED) is 0.372. The summed E-state index contributed by atoms with van der Waals surface area (Å²) in [5.41, 5.74) is 1.30. The molecule has 1 fully saturated rings. The Morgan fingerprint density at radius 1 is 1.28 bits per heavy atom. The zero-order valence-corrected chi connectivity index (χ0v) is 17.0. The topological polar surface area (TPSA) is 48.9 Å². The van der Waals surface area contributed by atoms with Crippen molar-refractivity contribution in [1.82, 2.24) is 10.6 Å². The maximum atomic E-state index is 5.37. The molecule has 0 radical (unpaired) electrons. The van der Waals surface area contributed by atoms with E-state index in [0.717, 1.165) is 62.8 Å². The Bertz CT molecular complexity index is 521. The molecule has 1 unspecified atom stereocenters. The average Bonchev–Trinajstić information content (AvgIpc) is 3.09. The molecule has 25 heavy (non-hydrogen) atoms. The van der Waals surface area contributed by atoms with Gasteiger partial charge in [0.1, 0.15) is 0 Å². The highest BCUT2D eigenvalue weighted by atomic mass is 79.9. The summed E-state index contributed by atoms with van der Waals surface area (Å²) >= 11 is 3.50. The summed E-state index contributed by atoms with van der Waals surface area (Å²) in [7, 11) is 0. The van der Waals surface area contributed by atoms with E-state index in [0.29, 0.717) is 5.92 Å². The van der Waals surface area contributed by atoms with E-state index in [4.69, 9.17) is 9.73 Å². The smallest absolute Gasteiger partial charge is 0.191 e. The van der Waals surface area contributed by atoms with Gasteiger partial charge in [-0.05, 0) is 56.9 Å². The van der Waals surface area contributed by atoms with Crippen LogP contribution in [0.4, 0.5) is 5.69 Å². The standard InChI is InChI=1S/C19H31BrN4O/c1-3-21-19(22-11-5-13-25-4-2)23-14-16-10-12-24(15-16)18-8-6-17(20)7-9-18/h6-9,16H,3-5,10-15H2,1-2H3,(H2,21,22,23). The second kappa shape index (κ2) is 11.4. The van der Waals surface area contributed by atoms with Crippen molar-refractivity contribution >= 4 is 27.6 Å². The van der Waals surface area contributed by atoms with E-state index in [2.05, 4.69) is 62.7 Å². The highest BCUT2D eigenvalue weighted by molar-refractivity contribution is 9.10. The Kier molecular flexibility index (Phi) is 9.11. The van der Waals surface area contributed by atoms with Gasteiger partial charge in [-0.1, -0.05) is 15.9 Å². The molecule has 1 aromatic carbocycles. The first-order chi connectivity index (χ1) is 12.2. The number of anilines is 1. The van der Waals surface area contributed by atoms with Gasteiger partial charge in [-0.3, -0.25) is 4.99 Å². The van der Waals surface area contributed by atoms with E-state index in [9.17, 15) is 0 Å².